The zero-order valence-electron chi connectivity index (χ0n) is 21.3. The van der Waals surface area contributed by atoms with Crippen molar-refractivity contribution in [2.75, 3.05) is 55.9 Å². The number of fused-ring (bicyclic) bond motifs is 3. The molecule has 0 atom stereocenters. The normalized spacial score (nSPS) is 15.5. The number of nitrogens with zero attached hydrogens (tertiary/aromatic N) is 3. The van der Waals surface area contributed by atoms with Crippen molar-refractivity contribution >= 4 is 62.4 Å². The maximum Gasteiger partial charge on any atom is 0.234 e. The summed E-state index contributed by atoms with van der Waals surface area (Å²) in [6, 6.07) is 11.6. The van der Waals surface area contributed by atoms with E-state index in [-0.39, 0.29) is 11.8 Å². The van der Waals surface area contributed by atoms with E-state index < -0.39 is 0 Å². The Kier molecular flexibility index (Phi) is 6.36. The fourth-order valence-corrected chi connectivity index (χ4v) is 5.19. The van der Waals surface area contributed by atoms with Crippen LogP contribution in [-0.4, -0.2) is 66.3 Å². The number of ether oxygens (including phenoxy) is 2. The topological polar surface area (TPSA) is 109 Å². The smallest absolute Gasteiger partial charge is 0.234 e. The molecule has 4 aromatic rings. The lowest BCUT2D eigenvalue weighted by Crippen LogP contribution is -2.51. The Labute approximate surface area is 225 Å². The van der Waals surface area contributed by atoms with E-state index in [1.807, 2.05) is 36.4 Å². The number of aromatic amines is 2. The van der Waals surface area contributed by atoms with E-state index in [1.165, 1.54) is 0 Å². The number of anilines is 3. The molecule has 4 N–H and O–H groups in total. The number of piperazine rings is 1. The Morgan fingerprint density at radius 1 is 1.03 bits per heavy atom. The Hall–Kier alpha value is -4.12. The van der Waals surface area contributed by atoms with Crippen molar-refractivity contribution in [3.8, 4) is 11.5 Å². The summed E-state index contributed by atoms with van der Waals surface area (Å²) in [7, 11) is 3.27. The van der Waals surface area contributed by atoms with Crippen LogP contribution in [-0.2, 0) is 4.79 Å². The van der Waals surface area contributed by atoms with Crippen LogP contribution >= 0.6 is 12.2 Å². The first-order chi connectivity index (χ1) is 18.5. The summed E-state index contributed by atoms with van der Waals surface area (Å²) >= 11 is 5.71. The summed E-state index contributed by atoms with van der Waals surface area (Å²) in [5.41, 5.74) is 3.45. The fourth-order valence-electron chi connectivity index (χ4n) is 4.89. The quantitative estimate of drug-likeness (QED) is 0.324. The van der Waals surface area contributed by atoms with E-state index in [4.69, 9.17) is 21.7 Å². The molecule has 0 unspecified atom stereocenters. The highest BCUT2D eigenvalue weighted by atomic mass is 32.1. The van der Waals surface area contributed by atoms with Gasteiger partial charge in [-0.05, 0) is 55.4 Å². The van der Waals surface area contributed by atoms with Gasteiger partial charge in [0.05, 0.1) is 45.9 Å². The van der Waals surface area contributed by atoms with Gasteiger partial charge in [-0.25, -0.2) is 4.98 Å². The average Bonchev–Trinajstić information content (AvgIpc) is 3.74. The SMILES string of the molecule is COc1cc2[nH]c3nc[nH+]c(N4CCN(C(=S)Nc5ccc(NC(=O)C6CC6)cc5)CC4)c3c2cc1OC. The highest BCUT2D eigenvalue weighted by Gasteiger charge is 2.30. The van der Waals surface area contributed by atoms with Crippen LogP contribution in [0.15, 0.2) is 42.7 Å². The lowest BCUT2D eigenvalue weighted by atomic mass is 10.1. The minimum Gasteiger partial charge on any atom is -0.493 e. The third-order valence-electron chi connectivity index (χ3n) is 7.15. The van der Waals surface area contributed by atoms with E-state index in [0.29, 0.717) is 16.6 Å². The number of nitrogens with one attached hydrogen (secondary N) is 4. The summed E-state index contributed by atoms with van der Waals surface area (Å²) in [6.45, 7) is 3.14. The molecule has 1 aliphatic heterocycles. The van der Waals surface area contributed by atoms with Gasteiger partial charge in [0.15, 0.2) is 16.6 Å². The molecule has 6 rings (SSSR count). The number of carbonyl (C=O) groups is 1. The molecular formula is C27H30N7O3S+. The number of aromatic nitrogens is 3. The molecule has 1 amide bonds. The van der Waals surface area contributed by atoms with Crippen LogP contribution in [0.3, 0.4) is 0 Å². The molecule has 1 saturated carbocycles. The van der Waals surface area contributed by atoms with Crippen LogP contribution in [0.5, 0.6) is 11.5 Å². The molecule has 196 valence electrons. The van der Waals surface area contributed by atoms with Crippen molar-refractivity contribution < 1.29 is 19.3 Å². The van der Waals surface area contributed by atoms with E-state index in [0.717, 1.165) is 78.1 Å². The molecule has 0 bridgehead atoms. The van der Waals surface area contributed by atoms with E-state index in [2.05, 4.69) is 35.4 Å². The number of amides is 1. The fraction of sp³-hybridized carbons (Fsp3) is 0.333. The van der Waals surface area contributed by atoms with Crippen LogP contribution in [0.1, 0.15) is 12.8 Å². The molecule has 0 spiro atoms. The van der Waals surface area contributed by atoms with Crippen molar-refractivity contribution in [1.82, 2.24) is 14.9 Å². The highest BCUT2D eigenvalue weighted by molar-refractivity contribution is 7.80. The number of hydrogen-bond acceptors (Lipinski definition) is 6. The van der Waals surface area contributed by atoms with Gasteiger partial charge in [0, 0.05) is 28.7 Å². The van der Waals surface area contributed by atoms with Gasteiger partial charge in [-0.15, -0.1) is 0 Å². The molecule has 38 heavy (non-hydrogen) atoms. The van der Waals surface area contributed by atoms with Gasteiger partial charge in [0.1, 0.15) is 5.39 Å². The second-order valence-corrected chi connectivity index (χ2v) is 9.98. The predicted molar refractivity (Wildman–Crippen MR) is 151 cm³/mol. The monoisotopic (exact) mass is 532 g/mol. The standard InChI is InChI=1S/C27H29N7O3S/c1-36-21-13-19-20(14-22(21)37-2)32-24-23(19)25(29-15-28-24)33-9-11-34(12-10-33)27(38)31-18-7-5-17(6-8-18)30-26(35)16-3-4-16/h5-8,13-16H,3-4,9-12H2,1-2H3,(H,30,35)(H,31,38)(H,28,29,32)/p+1. The lowest BCUT2D eigenvalue weighted by Gasteiger charge is -2.34. The molecule has 0 radical (unpaired) electrons. The minimum atomic E-state index is 0.106. The maximum atomic E-state index is 12.0. The number of hydrogen-bond donors (Lipinski definition) is 3. The van der Waals surface area contributed by atoms with E-state index in [9.17, 15) is 4.79 Å². The van der Waals surface area contributed by atoms with Crippen LogP contribution in [0, 0.1) is 5.92 Å². The van der Waals surface area contributed by atoms with E-state index in [1.54, 1.807) is 20.5 Å². The second-order valence-electron chi connectivity index (χ2n) is 9.60. The zero-order valence-corrected chi connectivity index (χ0v) is 22.2. The van der Waals surface area contributed by atoms with Crippen LogP contribution < -0.4 is 30.0 Å². The third kappa shape index (κ3) is 4.65. The Morgan fingerprint density at radius 3 is 2.34 bits per heavy atom. The summed E-state index contributed by atoms with van der Waals surface area (Å²) in [5.74, 6) is 2.65. The number of carbonyl (C=O) groups excluding carboxylic acids is 1. The Bertz CT molecular complexity index is 1510. The zero-order chi connectivity index (χ0) is 26.2. The summed E-state index contributed by atoms with van der Waals surface area (Å²) in [5, 5.41) is 9.02. The number of H-pyrrole nitrogens is 2. The molecule has 2 fully saturated rings. The van der Waals surface area contributed by atoms with Gasteiger partial charge < -0.3 is 30.0 Å². The lowest BCUT2D eigenvalue weighted by molar-refractivity contribution is -0.367. The number of rotatable bonds is 6. The molecule has 2 aromatic carbocycles. The molecular weight excluding hydrogens is 502 g/mol. The van der Waals surface area contributed by atoms with Crippen molar-refractivity contribution in [3.05, 3.63) is 42.7 Å². The first kappa shape index (κ1) is 24.2. The Balaban J connectivity index is 1.13. The largest absolute Gasteiger partial charge is 0.493 e. The van der Waals surface area contributed by atoms with E-state index >= 15 is 0 Å². The maximum absolute atomic E-state index is 12.0. The number of methoxy groups -OCH3 is 2. The van der Waals surface area contributed by atoms with Gasteiger partial charge in [0.2, 0.25) is 23.7 Å². The molecule has 3 heterocycles. The summed E-state index contributed by atoms with van der Waals surface area (Å²) in [6.07, 6.45) is 3.70. The van der Waals surface area contributed by atoms with Crippen LogP contribution in [0.4, 0.5) is 17.2 Å². The van der Waals surface area contributed by atoms with Crippen molar-refractivity contribution in [3.63, 3.8) is 0 Å². The van der Waals surface area contributed by atoms with Crippen molar-refractivity contribution in [1.29, 1.82) is 0 Å². The highest BCUT2D eigenvalue weighted by Crippen LogP contribution is 2.37. The minimum absolute atomic E-state index is 0.106. The third-order valence-corrected chi connectivity index (χ3v) is 7.51. The van der Waals surface area contributed by atoms with Gasteiger partial charge in [-0.2, -0.15) is 0 Å². The Morgan fingerprint density at radius 2 is 1.68 bits per heavy atom. The van der Waals surface area contributed by atoms with Crippen molar-refractivity contribution in [2.24, 2.45) is 5.92 Å². The van der Waals surface area contributed by atoms with Gasteiger partial charge in [-0.1, -0.05) is 4.98 Å². The first-order valence-electron chi connectivity index (χ1n) is 12.7. The molecule has 10 nitrogen and oxygen atoms in total. The van der Waals surface area contributed by atoms with Gasteiger partial charge in [-0.3, -0.25) is 9.69 Å². The van der Waals surface area contributed by atoms with Crippen LogP contribution in [0.25, 0.3) is 21.9 Å². The summed E-state index contributed by atoms with van der Waals surface area (Å²) < 4.78 is 11.0. The van der Waals surface area contributed by atoms with Crippen molar-refractivity contribution in [2.45, 2.75) is 12.8 Å². The molecule has 2 aliphatic rings. The summed E-state index contributed by atoms with van der Waals surface area (Å²) in [4.78, 5) is 27.8. The number of benzene rings is 2. The average molecular weight is 533 g/mol. The van der Waals surface area contributed by atoms with Crippen LogP contribution in [0.2, 0.25) is 0 Å². The molecule has 11 heteroatoms. The molecule has 2 aromatic heterocycles. The number of thiocarbonyl (C=S) groups is 1. The predicted octanol–water partition coefficient (Wildman–Crippen LogP) is 3.41. The second kappa shape index (κ2) is 9.97. The first-order valence-corrected chi connectivity index (χ1v) is 13.1. The van der Waals surface area contributed by atoms with Gasteiger partial charge >= 0.3 is 0 Å². The molecule has 1 aliphatic carbocycles. The molecule has 1 saturated heterocycles. The van der Waals surface area contributed by atoms with Gasteiger partial charge in [0.25, 0.3) is 0 Å².